The molecule has 0 saturated carbocycles. The second kappa shape index (κ2) is 6.13. The number of anilines is 1. The van der Waals surface area contributed by atoms with E-state index < -0.39 is 5.82 Å². The van der Waals surface area contributed by atoms with Crippen molar-refractivity contribution in [1.29, 1.82) is 0 Å². The Balaban J connectivity index is 1.84. The Bertz CT molecular complexity index is 587. The largest absolute Gasteiger partial charge is 0.377 e. The van der Waals surface area contributed by atoms with Crippen LogP contribution in [0.1, 0.15) is 37.0 Å². The van der Waals surface area contributed by atoms with Gasteiger partial charge in [0.15, 0.2) is 17.5 Å². The van der Waals surface area contributed by atoms with Crippen molar-refractivity contribution in [1.82, 2.24) is 25.1 Å². The smallest absolute Gasteiger partial charge is 0.226 e. The predicted molar refractivity (Wildman–Crippen MR) is 73.0 cm³/mol. The molecular weight excluding hydrogens is 275 g/mol. The highest BCUT2D eigenvalue weighted by atomic mass is 19.1. The maximum absolute atomic E-state index is 13.0. The number of nitrogens with zero attached hydrogens (tertiary/aromatic N) is 5. The van der Waals surface area contributed by atoms with Crippen molar-refractivity contribution in [2.75, 3.05) is 18.6 Å². The number of H-pyrrole nitrogens is 1. The molecule has 0 bridgehead atoms. The molecule has 0 spiro atoms. The Kier molecular flexibility index (Phi) is 4.05. The van der Waals surface area contributed by atoms with Crippen molar-refractivity contribution in [2.45, 2.75) is 31.9 Å². The molecule has 1 N–H and O–H groups in total. The first-order valence-corrected chi connectivity index (χ1v) is 6.92. The second-order valence-corrected chi connectivity index (χ2v) is 4.98. The molecule has 21 heavy (non-hydrogen) atoms. The molecule has 7 nitrogen and oxygen atoms in total. The summed E-state index contributed by atoms with van der Waals surface area (Å²) < 4.78 is 18.0. The van der Waals surface area contributed by atoms with Crippen LogP contribution in [0.25, 0.3) is 0 Å². The van der Waals surface area contributed by atoms with Gasteiger partial charge in [-0.2, -0.15) is 5.10 Å². The fraction of sp³-hybridized carbons (Fsp3) is 0.538. The molecule has 1 saturated heterocycles. The Morgan fingerprint density at radius 1 is 1.38 bits per heavy atom. The van der Waals surface area contributed by atoms with Crippen LogP contribution in [-0.4, -0.2) is 38.8 Å². The van der Waals surface area contributed by atoms with Crippen LogP contribution >= 0.6 is 0 Å². The van der Waals surface area contributed by atoms with Crippen molar-refractivity contribution >= 4 is 5.95 Å². The van der Waals surface area contributed by atoms with Crippen molar-refractivity contribution in [2.24, 2.45) is 0 Å². The molecule has 0 aromatic carbocycles. The van der Waals surface area contributed by atoms with Gasteiger partial charge in [-0.15, -0.1) is 0 Å². The molecule has 2 aromatic heterocycles. The summed E-state index contributed by atoms with van der Waals surface area (Å²) in [6, 6.07) is 0.00562. The maximum atomic E-state index is 13.0. The summed E-state index contributed by atoms with van der Waals surface area (Å²) in [4.78, 5) is 14.6. The number of methoxy groups -OCH3 is 1. The van der Waals surface area contributed by atoms with Gasteiger partial charge in [-0.1, -0.05) is 0 Å². The van der Waals surface area contributed by atoms with Crippen LogP contribution in [0.5, 0.6) is 0 Å². The average Bonchev–Trinajstić information content (AvgIpc) is 2.97. The molecule has 0 amide bonds. The van der Waals surface area contributed by atoms with E-state index in [2.05, 4.69) is 25.1 Å². The highest BCUT2D eigenvalue weighted by molar-refractivity contribution is 5.33. The molecule has 1 fully saturated rings. The molecule has 1 atom stereocenters. The minimum absolute atomic E-state index is 0.00562. The van der Waals surface area contributed by atoms with Gasteiger partial charge in [-0.05, 0) is 19.3 Å². The van der Waals surface area contributed by atoms with Crippen LogP contribution in [0.2, 0.25) is 0 Å². The first-order chi connectivity index (χ1) is 10.3. The SMILES string of the molecule is COCc1nc(C2CCCCN2c2ncc(F)cn2)n[nH]1. The number of aromatic amines is 1. The zero-order valence-electron chi connectivity index (χ0n) is 11.8. The Morgan fingerprint density at radius 2 is 2.19 bits per heavy atom. The van der Waals surface area contributed by atoms with Gasteiger partial charge in [-0.3, -0.25) is 5.10 Å². The van der Waals surface area contributed by atoms with Gasteiger partial charge in [-0.25, -0.2) is 19.3 Å². The van der Waals surface area contributed by atoms with E-state index >= 15 is 0 Å². The van der Waals surface area contributed by atoms with Gasteiger partial charge in [0.05, 0.1) is 18.4 Å². The zero-order valence-corrected chi connectivity index (χ0v) is 11.8. The number of rotatable bonds is 4. The average molecular weight is 292 g/mol. The van der Waals surface area contributed by atoms with Crippen LogP contribution in [0.3, 0.4) is 0 Å². The third-order valence-electron chi connectivity index (χ3n) is 3.49. The second-order valence-electron chi connectivity index (χ2n) is 4.98. The highest BCUT2D eigenvalue weighted by Gasteiger charge is 2.29. The first-order valence-electron chi connectivity index (χ1n) is 6.92. The van der Waals surface area contributed by atoms with Gasteiger partial charge >= 0.3 is 0 Å². The molecule has 8 heteroatoms. The molecule has 1 aliphatic rings. The van der Waals surface area contributed by atoms with Crippen LogP contribution in [0.15, 0.2) is 12.4 Å². The Labute approximate surface area is 121 Å². The van der Waals surface area contributed by atoms with E-state index in [1.54, 1.807) is 7.11 Å². The minimum atomic E-state index is -0.437. The number of piperidine rings is 1. The van der Waals surface area contributed by atoms with Gasteiger partial charge < -0.3 is 9.64 Å². The van der Waals surface area contributed by atoms with Crippen LogP contribution < -0.4 is 4.90 Å². The predicted octanol–water partition coefficient (Wildman–Crippen LogP) is 1.61. The molecule has 0 aliphatic carbocycles. The van der Waals surface area contributed by atoms with Crippen molar-refractivity contribution in [3.63, 3.8) is 0 Å². The number of ether oxygens (including phenoxy) is 1. The summed E-state index contributed by atoms with van der Waals surface area (Å²) in [5.74, 6) is 1.47. The fourth-order valence-electron chi connectivity index (χ4n) is 2.55. The lowest BCUT2D eigenvalue weighted by atomic mass is 10.0. The van der Waals surface area contributed by atoms with Crippen LogP contribution in [0, 0.1) is 5.82 Å². The molecule has 2 aromatic rings. The number of hydrogen-bond donors (Lipinski definition) is 1. The normalized spacial score (nSPS) is 19.0. The number of nitrogens with one attached hydrogen (secondary N) is 1. The standard InChI is InChI=1S/C13H17FN6O/c1-21-8-11-17-12(19-18-11)10-4-2-3-5-20(10)13-15-6-9(14)7-16-13/h6-7,10H,2-5,8H2,1H3,(H,17,18,19). The van der Waals surface area contributed by atoms with E-state index in [0.717, 1.165) is 25.8 Å². The molecule has 3 rings (SSSR count). The number of halogens is 1. The van der Waals surface area contributed by atoms with Crippen molar-refractivity contribution in [3.8, 4) is 0 Å². The van der Waals surface area contributed by atoms with Gasteiger partial charge in [0, 0.05) is 13.7 Å². The summed E-state index contributed by atoms with van der Waals surface area (Å²) >= 11 is 0. The number of aromatic nitrogens is 5. The molecule has 1 aliphatic heterocycles. The molecule has 1 unspecified atom stereocenters. The first kappa shape index (κ1) is 13.9. The third-order valence-corrected chi connectivity index (χ3v) is 3.49. The van der Waals surface area contributed by atoms with Crippen molar-refractivity contribution < 1.29 is 9.13 Å². The monoisotopic (exact) mass is 292 g/mol. The fourth-order valence-corrected chi connectivity index (χ4v) is 2.55. The van der Waals surface area contributed by atoms with E-state index in [0.29, 0.717) is 24.2 Å². The Hall–Kier alpha value is -2.09. The van der Waals surface area contributed by atoms with Gasteiger partial charge in [0.25, 0.3) is 0 Å². The van der Waals surface area contributed by atoms with E-state index in [9.17, 15) is 4.39 Å². The van der Waals surface area contributed by atoms with Gasteiger partial charge in [0.1, 0.15) is 6.61 Å². The topological polar surface area (TPSA) is 79.8 Å². The lowest BCUT2D eigenvalue weighted by molar-refractivity contribution is 0.178. The lowest BCUT2D eigenvalue weighted by Gasteiger charge is -2.33. The summed E-state index contributed by atoms with van der Waals surface area (Å²) in [5.41, 5.74) is 0. The maximum Gasteiger partial charge on any atom is 0.226 e. The van der Waals surface area contributed by atoms with Crippen molar-refractivity contribution in [3.05, 3.63) is 29.9 Å². The van der Waals surface area contributed by atoms with Crippen LogP contribution in [-0.2, 0) is 11.3 Å². The minimum Gasteiger partial charge on any atom is -0.377 e. The van der Waals surface area contributed by atoms with E-state index in [1.165, 1.54) is 12.4 Å². The molecule has 112 valence electrons. The zero-order chi connectivity index (χ0) is 14.7. The quantitative estimate of drug-likeness (QED) is 0.922. The summed E-state index contributed by atoms with van der Waals surface area (Å²) in [5, 5.41) is 7.14. The summed E-state index contributed by atoms with van der Waals surface area (Å²) in [7, 11) is 1.61. The van der Waals surface area contributed by atoms with Crippen LogP contribution in [0.4, 0.5) is 10.3 Å². The number of hydrogen-bond acceptors (Lipinski definition) is 6. The molecule has 0 radical (unpaired) electrons. The lowest BCUT2D eigenvalue weighted by Crippen LogP contribution is -2.35. The summed E-state index contributed by atoms with van der Waals surface area (Å²) in [6.07, 6.45) is 5.43. The highest BCUT2D eigenvalue weighted by Crippen LogP contribution is 2.31. The van der Waals surface area contributed by atoms with E-state index in [4.69, 9.17) is 4.74 Å². The molecular formula is C13H17FN6O. The van der Waals surface area contributed by atoms with E-state index in [-0.39, 0.29) is 6.04 Å². The molecule has 3 heterocycles. The third kappa shape index (κ3) is 2.99. The van der Waals surface area contributed by atoms with E-state index in [1.807, 2.05) is 4.90 Å². The van der Waals surface area contributed by atoms with Gasteiger partial charge in [0.2, 0.25) is 5.95 Å². The summed E-state index contributed by atoms with van der Waals surface area (Å²) in [6.45, 7) is 1.21. The Morgan fingerprint density at radius 3 is 2.95 bits per heavy atom.